The Morgan fingerprint density at radius 2 is 2.15 bits per heavy atom. The molecule has 4 nitrogen and oxygen atoms in total. The van der Waals surface area contributed by atoms with Crippen LogP contribution in [0.15, 0.2) is 24.3 Å². The molecule has 0 saturated carbocycles. The highest BCUT2D eigenvalue weighted by molar-refractivity contribution is 14.1. The predicted molar refractivity (Wildman–Crippen MR) is 57.4 cm³/mol. The van der Waals surface area contributed by atoms with Crippen molar-refractivity contribution in [2.75, 3.05) is 0 Å². The van der Waals surface area contributed by atoms with Gasteiger partial charge in [0.2, 0.25) is 0 Å². The lowest BCUT2D eigenvalue weighted by Gasteiger charge is -1.94. The van der Waals surface area contributed by atoms with Gasteiger partial charge in [0.15, 0.2) is 0 Å². The zero-order chi connectivity index (χ0) is 9.42. The highest BCUT2D eigenvalue weighted by Crippen LogP contribution is 2.18. The van der Waals surface area contributed by atoms with Gasteiger partial charge in [-0.05, 0) is 28.7 Å². The molecule has 1 aromatic heterocycles. The molecule has 1 aromatic carbocycles. The average molecular weight is 287 g/mol. The molecule has 0 aliphatic rings. The number of rotatable bonds is 0. The van der Waals surface area contributed by atoms with E-state index >= 15 is 0 Å². The van der Waals surface area contributed by atoms with Crippen LogP contribution in [0.5, 0.6) is 0 Å². The van der Waals surface area contributed by atoms with Crippen LogP contribution in [-0.4, -0.2) is 15.8 Å². The van der Waals surface area contributed by atoms with Gasteiger partial charge in [0.25, 0.3) is 0 Å². The molecule has 2 aromatic rings. The van der Waals surface area contributed by atoms with Crippen molar-refractivity contribution < 1.29 is 4.79 Å². The summed E-state index contributed by atoms with van der Waals surface area (Å²) in [6, 6.07) is 6.91. The summed E-state index contributed by atoms with van der Waals surface area (Å²) in [7, 11) is 0. The summed E-state index contributed by atoms with van der Waals surface area (Å²) in [5.41, 5.74) is 5.90. The molecular weight excluding hydrogens is 281 g/mol. The standard InChI is InChI=1S/C8H6IN3O/c9-7-5-3-1-2-4-6(5)12(11-7)8(10)13/h1-4H,(H2,10,13). The Kier molecular flexibility index (Phi) is 1.95. The van der Waals surface area contributed by atoms with Crippen molar-refractivity contribution in [2.24, 2.45) is 5.73 Å². The number of primary amides is 1. The van der Waals surface area contributed by atoms with Crippen molar-refractivity contribution in [2.45, 2.75) is 0 Å². The summed E-state index contributed by atoms with van der Waals surface area (Å²) in [5, 5.41) is 4.96. The summed E-state index contributed by atoms with van der Waals surface area (Å²) in [6.07, 6.45) is 0. The van der Waals surface area contributed by atoms with Gasteiger partial charge >= 0.3 is 6.03 Å². The second kappa shape index (κ2) is 2.99. The van der Waals surface area contributed by atoms with Crippen LogP contribution >= 0.6 is 22.6 Å². The quantitative estimate of drug-likeness (QED) is 0.748. The van der Waals surface area contributed by atoms with E-state index in [2.05, 4.69) is 27.7 Å². The minimum Gasteiger partial charge on any atom is -0.350 e. The van der Waals surface area contributed by atoms with Crippen molar-refractivity contribution in [3.05, 3.63) is 28.0 Å². The van der Waals surface area contributed by atoms with Gasteiger partial charge in [0.05, 0.1) is 5.52 Å². The van der Waals surface area contributed by atoms with E-state index in [0.717, 1.165) is 14.6 Å². The number of aromatic nitrogens is 2. The Morgan fingerprint density at radius 3 is 2.85 bits per heavy atom. The minimum atomic E-state index is -0.556. The zero-order valence-electron chi connectivity index (χ0n) is 6.57. The molecular formula is C8H6IN3O. The lowest BCUT2D eigenvalue weighted by atomic mass is 10.3. The maximum atomic E-state index is 10.9. The number of para-hydroxylation sites is 1. The van der Waals surface area contributed by atoms with E-state index in [4.69, 9.17) is 5.73 Å². The Hall–Kier alpha value is -1.11. The van der Waals surface area contributed by atoms with E-state index in [1.54, 1.807) is 0 Å². The number of halogens is 1. The third-order valence-corrected chi connectivity index (χ3v) is 2.55. The average Bonchev–Trinajstić information content (AvgIpc) is 2.45. The van der Waals surface area contributed by atoms with E-state index in [-0.39, 0.29) is 0 Å². The van der Waals surface area contributed by atoms with Gasteiger partial charge in [0.1, 0.15) is 3.70 Å². The first-order valence-corrected chi connectivity index (χ1v) is 4.71. The topological polar surface area (TPSA) is 60.9 Å². The van der Waals surface area contributed by atoms with Gasteiger partial charge in [0, 0.05) is 5.39 Å². The maximum absolute atomic E-state index is 10.9. The summed E-state index contributed by atoms with van der Waals surface area (Å²) in [5.74, 6) is 0. The van der Waals surface area contributed by atoms with Crippen molar-refractivity contribution in [3.63, 3.8) is 0 Å². The van der Waals surface area contributed by atoms with Crippen molar-refractivity contribution in [3.8, 4) is 0 Å². The second-order valence-electron chi connectivity index (χ2n) is 2.56. The van der Waals surface area contributed by atoms with Crippen LogP contribution in [0.2, 0.25) is 0 Å². The molecule has 0 aliphatic heterocycles. The van der Waals surface area contributed by atoms with Crippen LogP contribution < -0.4 is 5.73 Å². The highest BCUT2D eigenvalue weighted by atomic mass is 127. The summed E-state index contributed by atoms with van der Waals surface area (Å²) >= 11 is 2.07. The monoisotopic (exact) mass is 287 g/mol. The van der Waals surface area contributed by atoms with E-state index in [0.29, 0.717) is 0 Å². The fraction of sp³-hybridized carbons (Fsp3) is 0. The lowest BCUT2D eigenvalue weighted by Crippen LogP contribution is -2.20. The fourth-order valence-corrected chi connectivity index (χ4v) is 1.87. The Balaban J connectivity index is 2.85. The lowest BCUT2D eigenvalue weighted by molar-refractivity contribution is 0.248. The summed E-state index contributed by atoms with van der Waals surface area (Å²) < 4.78 is 1.99. The second-order valence-corrected chi connectivity index (χ2v) is 3.58. The number of hydrogen-bond acceptors (Lipinski definition) is 2. The molecule has 1 heterocycles. The number of amides is 1. The molecule has 66 valence electrons. The number of nitrogens with zero attached hydrogens (tertiary/aromatic N) is 2. The van der Waals surface area contributed by atoms with E-state index in [1.165, 1.54) is 4.68 Å². The van der Waals surface area contributed by atoms with Crippen LogP contribution in [0.4, 0.5) is 4.79 Å². The van der Waals surface area contributed by atoms with Gasteiger partial charge in [-0.15, -0.1) is 0 Å². The van der Waals surface area contributed by atoms with Crippen LogP contribution in [0.3, 0.4) is 0 Å². The first kappa shape index (κ1) is 8.49. The summed E-state index contributed by atoms with van der Waals surface area (Å²) in [4.78, 5) is 10.9. The molecule has 2 rings (SSSR count). The van der Waals surface area contributed by atoms with Gasteiger partial charge in [-0.25, -0.2) is 4.79 Å². The number of benzene rings is 1. The van der Waals surface area contributed by atoms with Crippen LogP contribution in [0.25, 0.3) is 10.9 Å². The Morgan fingerprint density at radius 1 is 1.46 bits per heavy atom. The minimum absolute atomic E-state index is 0.556. The number of carbonyl (C=O) groups excluding carboxylic acids is 1. The van der Waals surface area contributed by atoms with Crippen LogP contribution in [0, 0.1) is 3.70 Å². The van der Waals surface area contributed by atoms with Crippen molar-refractivity contribution >= 4 is 39.5 Å². The molecule has 0 bridgehead atoms. The van der Waals surface area contributed by atoms with Crippen molar-refractivity contribution in [1.82, 2.24) is 9.78 Å². The molecule has 0 radical (unpaired) electrons. The van der Waals surface area contributed by atoms with Gasteiger partial charge in [-0.2, -0.15) is 9.78 Å². The van der Waals surface area contributed by atoms with Gasteiger partial charge in [-0.1, -0.05) is 18.2 Å². The Labute approximate surface area is 87.8 Å². The van der Waals surface area contributed by atoms with E-state index in [1.807, 2.05) is 24.3 Å². The fourth-order valence-electron chi connectivity index (χ4n) is 1.20. The highest BCUT2D eigenvalue weighted by Gasteiger charge is 2.09. The number of hydrogen-bond donors (Lipinski definition) is 1. The molecule has 0 atom stereocenters. The predicted octanol–water partition coefficient (Wildman–Crippen LogP) is 1.57. The number of fused-ring (bicyclic) bond motifs is 1. The normalized spacial score (nSPS) is 10.5. The number of carbonyl (C=O) groups is 1. The SMILES string of the molecule is NC(=O)n1nc(I)c2ccccc21. The molecule has 0 spiro atoms. The molecule has 0 saturated heterocycles. The third-order valence-electron chi connectivity index (χ3n) is 1.75. The van der Waals surface area contributed by atoms with E-state index in [9.17, 15) is 4.79 Å². The molecule has 5 heteroatoms. The number of nitrogens with two attached hydrogens (primary N) is 1. The van der Waals surface area contributed by atoms with Crippen LogP contribution in [0.1, 0.15) is 0 Å². The van der Waals surface area contributed by atoms with Crippen LogP contribution in [-0.2, 0) is 0 Å². The molecule has 13 heavy (non-hydrogen) atoms. The van der Waals surface area contributed by atoms with Gasteiger partial charge < -0.3 is 5.73 Å². The summed E-state index contributed by atoms with van der Waals surface area (Å²) in [6.45, 7) is 0. The first-order chi connectivity index (χ1) is 6.20. The van der Waals surface area contributed by atoms with Gasteiger partial charge in [-0.3, -0.25) is 0 Å². The van der Waals surface area contributed by atoms with E-state index < -0.39 is 6.03 Å². The molecule has 1 amide bonds. The van der Waals surface area contributed by atoms with Crippen molar-refractivity contribution in [1.29, 1.82) is 0 Å². The third kappa shape index (κ3) is 1.28. The largest absolute Gasteiger partial charge is 0.350 e. The molecule has 0 aliphatic carbocycles. The maximum Gasteiger partial charge on any atom is 0.340 e. The zero-order valence-corrected chi connectivity index (χ0v) is 8.72. The molecule has 2 N–H and O–H groups in total. The molecule has 0 fully saturated rings. The first-order valence-electron chi connectivity index (χ1n) is 3.63. The Bertz CT molecular complexity index is 477. The smallest absolute Gasteiger partial charge is 0.340 e. The molecule has 0 unspecified atom stereocenters.